The van der Waals surface area contributed by atoms with Gasteiger partial charge >= 0.3 is 0 Å². The van der Waals surface area contributed by atoms with Gasteiger partial charge in [-0.3, -0.25) is 4.79 Å². The number of carbonyl (C=O) groups excluding carboxylic acids is 1. The van der Waals surface area contributed by atoms with Crippen LogP contribution in [-0.2, 0) is 12.6 Å². The van der Waals surface area contributed by atoms with Crippen molar-refractivity contribution in [3.8, 4) is 0 Å². The van der Waals surface area contributed by atoms with Gasteiger partial charge in [-0.25, -0.2) is 0 Å². The average Bonchev–Trinajstić information content (AvgIpc) is 2.05. The first kappa shape index (κ1) is 12.1. The summed E-state index contributed by atoms with van der Waals surface area (Å²) in [5.41, 5.74) is 0. The normalized spacial score (nSPS) is 12.7. The highest BCUT2D eigenvalue weighted by Gasteiger charge is 2.19. The number of nitrogens with zero attached hydrogens (tertiary/aromatic N) is 1. The Balaban J connectivity index is 3.88. The van der Waals surface area contributed by atoms with Crippen molar-refractivity contribution in [2.75, 3.05) is 27.8 Å². The number of rotatable bonds is 5. The largest absolute Gasteiger partial charge is 0.385 e. The summed E-state index contributed by atoms with van der Waals surface area (Å²) in [6.45, 7) is 0.535. The van der Waals surface area contributed by atoms with E-state index in [0.717, 1.165) is 0 Å². The van der Waals surface area contributed by atoms with Gasteiger partial charge in [0.25, 0.3) is 5.91 Å². The van der Waals surface area contributed by atoms with Crippen molar-refractivity contribution in [1.82, 2.24) is 4.90 Å². The SMILES string of the molecule is COCCC(OI)C(=O)N(C)C. The Morgan fingerprint density at radius 3 is 2.50 bits per heavy atom. The molecule has 0 saturated carbocycles. The minimum atomic E-state index is -0.388. The summed E-state index contributed by atoms with van der Waals surface area (Å²) in [6, 6.07) is 0. The van der Waals surface area contributed by atoms with Crippen molar-refractivity contribution in [3.05, 3.63) is 0 Å². The van der Waals surface area contributed by atoms with Gasteiger partial charge in [0.05, 0.1) is 0 Å². The van der Waals surface area contributed by atoms with E-state index in [1.54, 1.807) is 44.2 Å². The van der Waals surface area contributed by atoms with Gasteiger partial charge < -0.3 is 12.7 Å². The Morgan fingerprint density at radius 2 is 2.17 bits per heavy atom. The number of halogens is 1. The first-order valence-electron chi connectivity index (χ1n) is 3.61. The van der Waals surface area contributed by atoms with Gasteiger partial charge in [-0.2, -0.15) is 0 Å². The van der Waals surface area contributed by atoms with E-state index in [1.807, 2.05) is 0 Å². The Morgan fingerprint density at radius 1 is 1.58 bits per heavy atom. The lowest BCUT2D eigenvalue weighted by atomic mass is 10.2. The molecule has 0 aromatic rings. The molecule has 1 atom stereocenters. The maximum Gasteiger partial charge on any atom is 0.252 e. The molecule has 1 unspecified atom stereocenters. The van der Waals surface area contributed by atoms with Crippen LogP contribution in [0.3, 0.4) is 0 Å². The number of carbonyl (C=O) groups is 1. The first-order valence-corrected chi connectivity index (χ1v) is 4.49. The van der Waals surface area contributed by atoms with Crippen molar-refractivity contribution in [2.45, 2.75) is 12.5 Å². The molecule has 0 aliphatic heterocycles. The highest BCUT2D eigenvalue weighted by Crippen LogP contribution is 2.06. The minimum Gasteiger partial charge on any atom is -0.385 e. The van der Waals surface area contributed by atoms with Crippen LogP contribution in [0.2, 0.25) is 0 Å². The van der Waals surface area contributed by atoms with Crippen LogP contribution in [0, 0.1) is 0 Å². The molecule has 0 heterocycles. The number of ether oxygens (including phenoxy) is 1. The zero-order valence-electron chi connectivity index (χ0n) is 7.54. The number of methoxy groups -OCH3 is 1. The van der Waals surface area contributed by atoms with Crippen LogP contribution in [0.4, 0.5) is 0 Å². The Kier molecular flexibility index (Phi) is 6.68. The topological polar surface area (TPSA) is 38.8 Å². The second-order valence-corrected chi connectivity index (χ2v) is 3.10. The standard InChI is InChI=1S/C7H14INO3/c1-9(2)7(10)6(12-8)4-5-11-3/h6H,4-5H2,1-3H3. The van der Waals surface area contributed by atoms with E-state index in [1.165, 1.54) is 4.90 Å². The van der Waals surface area contributed by atoms with Gasteiger partial charge in [-0.1, -0.05) is 0 Å². The third-order valence-corrected chi connectivity index (χ3v) is 2.02. The van der Waals surface area contributed by atoms with Crippen LogP contribution in [-0.4, -0.2) is 44.7 Å². The summed E-state index contributed by atoms with van der Waals surface area (Å²) >= 11 is 1.73. The number of amides is 1. The average molecular weight is 287 g/mol. The summed E-state index contributed by atoms with van der Waals surface area (Å²) in [4.78, 5) is 12.8. The fraction of sp³-hybridized carbons (Fsp3) is 0.857. The van der Waals surface area contributed by atoms with E-state index >= 15 is 0 Å². The molecular weight excluding hydrogens is 273 g/mol. The number of hydrogen-bond donors (Lipinski definition) is 0. The molecule has 0 N–H and O–H groups in total. The van der Waals surface area contributed by atoms with Crippen LogP contribution < -0.4 is 0 Å². The van der Waals surface area contributed by atoms with Crippen molar-refractivity contribution in [1.29, 1.82) is 0 Å². The highest BCUT2D eigenvalue weighted by atomic mass is 127. The zero-order valence-corrected chi connectivity index (χ0v) is 9.70. The summed E-state index contributed by atoms with van der Waals surface area (Å²) in [6.07, 6.45) is 0.205. The molecule has 0 saturated heterocycles. The lowest BCUT2D eigenvalue weighted by Crippen LogP contribution is -2.34. The van der Waals surface area contributed by atoms with Crippen LogP contribution in [0.1, 0.15) is 6.42 Å². The van der Waals surface area contributed by atoms with Crippen LogP contribution >= 0.6 is 23.0 Å². The van der Waals surface area contributed by atoms with E-state index in [0.29, 0.717) is 13.0 Å². The molecular formula is C7H14INO3. The smallest absolute Gasteiger partial charge is 0.252 e. The summed E-state index contributed by atoms with van der Waals surface area (Å²) < 4.78 is 9.82. The van der Waals surface area contributed by atoms with E-state index in [2.05, 4.69) is 0 Å². The van der Waals surface area contributed by atoms with E-state index in [4.69, 9.17) is 7.80 Å². The van der Waals surface area contributed by atoms with E-state index in [-0.39, 0.29) is 12.0 Å². The second-order valence-electron chi connectivity index (χ2n) is 2.59. The number of hydrogen-bond acceptors (Lipinski definition) is 3. The molecule has 0 radical (unpaired) electrons. The van der Waals surface area contributed by atoms with Crippen molar-refractivity contribution in [3.63, 3.8) is 0 Å². The van der Waals surface area contributed by atoms with Gasteiger partial charge in [-0.15, -0.1) is 0 Å². The molecule has 4 nitrogen and oxygen atoms in total. The molecule has 1 amide bonds. The predicted octanol–water partition coefficient (Wildman–Crippen LogP) is 0.846. The summed E-state index contributed by atoms with van der Waals surface area (Å²) in [7, 11) is 5.01. The van der Waals surface area contributed by atoms with Gasteiger partial charge in [0.1, 0.15) is 23.0 Å². The monoisotopic (exact) mass is 287 g/mol. The molecule has 5 heteroatoms. The third-order valence-electron chi connectivity index (χ3n) is 1.41. The predicted molar refractivity (Wildman–Crippen MR) is 54.1 cm³/mol. The molecule has 12 heavy (non-hydrogen) atoms. The van der Waals surface area contributed by atoms with E-state index < -0.39 is 0 Å². The molecule has 0 fully saturated rings. The quantitative estimate of drug-likeness (QED) is 0.704. The maximum atomic E-state index is 11.3. The lowest BCUT2D eigenvalue weighted by molar-refractivity contribution is -0.135. The molecule has 0 aliphatic rings. The van der Waals surface area contributed by atoms with Gasteiger partial charge in [0, 0.05) is 34.2 Å². The lowest BCUT2D eigenvalue weighted by Gasteiger charge is -2.17. The van der Waals surface area contributed by atoms with Crippen molar-refractivity contribution < 1.29 is 12.6 Å². The summed E-state index contributed by atoms with van der Waals surface area (Å²) in [5.74, 6) is -0.0264. The summed E-state index contributed by atoms with van der Waals surface area (Å²) in [5, 5.41) is 0. The fourth-order valence-electron chi connectivity index (χ4n) is 0.719. The van der Waals surface area contributed by atoms with Gasteiger partial charge in [-0.05, 0) is 0 Å². The molecule has 0 aromatic heterocycles. The Labute approximate surface area is 86.9 Å². The first-order chi connectivity index (χ1) is 5.63. The Hall–Kier alpha value is 0.120. The van der Waals surface area contributed by atoms with Crippen LogP contribution in [0.15, 0.2) is 0 Å². The second kappa shape index (κ2) is 6.62. The maximum absolute atomic E-state index is 11.3. The third kappa shape index (κ3) is 4.22. The van der Waals surface area contributed by atoms with Crippen molar-refractivity contribution >= 4 is 28.9 Å². The molecule has 0 spiro atoms. The molecule has 0 rings (SSSR count). The Bertz CT molecular complexity index is 141. The van der Waals surface area contributed by atoms with Crippen LogP contribution in [0.25, 0.3) is 0 Å². The number of likely N-dealkylation sites (N-methyl/N-ethyl adjacent to an activating group) is 1. The van der Waals surface area contributed by atoms with Gasteiger partial charge in [0.2, 0.25) is 0 Å². The van der Waals surface area contributed by atoms with Crippen LogP contribution in [0.5, 0.6) is 0 Å². The molecule has 0 bridgehead atoms. The minimum absolute atomic E-state index is 0.0264. The van der Waals surface area contributed by atoms with Crippen molar-refractivity contribution in [2.24, 2.45) is 0 Å². The molecule has 0 aromatic carbocycles. The zero-order chi connectivity index (χ0) is 9.56. The van der Waals surface area contributed by atoms with Gasteiger partial charge in [0.15, 0.2) is 6.10 Å². The molecule has 0 aliphatic carbocycles. The van der Waals surface area contributed by atoms with E-state index in [9.17, 15) is 4.79 Å². The highest BCUT2D eigenvalue weighted by molar-refractivity contribution is 14.1. The molecule has 72 valence electrons. The fourth-order valence-corrected chi connectivity index (χ4v) is 1.19.